The van der Waals surface area contributed by atoms with Crippen LogP contribution in [0.1, 0.15) is 46.5 Å². The van der Waals surface area contributed by atoms with Gasteiger partial charge in [0, 0.05) is 25.9 Å². The summed E-state index contributed by atoms with van der Waals surface area (Å²) in [5, 5.41) is 0. The maximum Gasteiger partial charge on any atom is 0.410 e. The van der Waals surface area contributed by atoms with Crippen molar-refractivity contribution in [2.24, 2.45) is 5.92 Å². The van der Waals surface area contributed by atoms with Gasteiger partial charge in [0.15, 0.2) is 0 Å². The molecule has 1 fully saturated rings. The van der Waals surface area contributed by atoms with E-state index in [1.807, 2.05) is 20.8 Å². The van der Waals surface area contributed by atoms with Crippen LogP contribution in [0, 0.1) is 5.92 Å². The second kappa shape index (κ2) is 5.52. The summed E-state index contributed by atoms with van der Waals surface area (Å²) < 4.78 is 5.21. The summed E-state index contributed by atoms with van der Waals surface area (Å²) in [6.45, 7) is 5.94. The van der Waals surface area contributed by atoms with Gasteiger partial charge < -0.3 is 9.64 Å². The molecule has 0 aromatic carbocycles. The van der Waals surface area contributed by atoms with Gasteiger partial charge in [0.1, 0.15) is 11.4 Å². The minimum atomic E-state index is -0.483. The number of hydrogen-bond donors (Lipinski definition) is 0. The lowest BCUT2D eigenvalue weighted by Crippen LogP contribution is -2.36. The Morgan fingerprint density at radius 3 is 2.29 bits per heavy atom. The predicted octanol–water partition coefficient (Wildman–Crippen LogP) is 2.61. The lowest BCUT2D eigenvalue weighted by Gasteiger charge is -2.26. The molecular formula is C13H23NO3. The minimum absolute atomic E-state index is 0.252. The molecule has 1 saturated carbocycles. The normalized spacial score (nSPS) is 16.2. The number of carbonyl (C=O) groups is 2. The van der Waals surface area contributed by atoms with Gasteiger partial charge in [0.25, 0.3) is 0 Å². The van der Waals surface area contributed by atoms with Crippen molar-refractivity contribution in [2.75, 3.05) is 13.6 Å². The fourth-order valence-corrected chi connectivity index (χ4v) is 1.64. The lowest BCUT2D eigenvalue weighted by molar-refractivity contribution is -0.125. The Kier molecular flexibility index (Phi) is 4.54. The lowest BCUT2D eigenvalue weighted by atomic mass is 9.81. The number of hydrogen-bond acceptors (Lipinski definition) is 3. The van der Waals surface area contributed by atoms with Gasteiger partial charge in [-0.3, -0.25) is 4.79 Å². The first-order chi connectivity index (χ1) is 7.79. The quantitative estimate of drug-likeness (QED) is 0.760. The third-order valence-corrected chi connectivity index (χ3v) is 2.96. The van der Waals surface area contributed by atoms with Crippen molar-refractivity contribution in [1.29, 1.82) is 0 Å². The monoisotopic (exact) mass is 241 g/mol. The van der Waals surface area contributed by atoms with Crippen molar-refractivity contribution in [3.05, 3.63) is 0 Å². The number of Topliss-reactive ketones (excluding diaryl/α,β-unsaturated/α-hetero) is 1. The highest BCUT2D eigenvalue weighted by Gasteiger charge is 2.26. The van der Waals surface area contributed by atoms with Crippen LogP contribution in [-0.4, -0.2) is 36.0 Å². The van der Waals surface area contributed by atoms with E-state index in [2.05, 4.69) is 0 Å². The smallest absolute Gasteiger partial charge is 0.410 e. The highest BCUT2D eigenvalue weighted by Crippen LogP contribution is 2.28. The average molecular weight is 241 g/mol. The standard InChI is InChI=1S/C13H23NO3/c1-13(2,3)17-12(16)14(4)9-8-11(15)10-6-5-7-10/h10H,5-9H2,1-4H3. The van der Waals surface area contributed by atoms with Gasteiger partial charge in [-0.25, -0.2) is 4.79 Å². The Balaban J connectivity index is 2.26. The predicted molar refractivity (Wildman–Crippen MR) is 65.8 cm³/mol. The van der Waals surface area contributed by atoms with Crippen LogP contribution in [0.3, 0.4) is 0 Å². The van der Waals surface area contributed by atoms with E-state index in [0.29, 0.717) is 13.0 Å². The Bertz CT molecular complexity index is 290. The first-order valence-corrected chi connectivity index (χ1v) is 6.26. The third kappa shape index (κ3) is 4.75. The largest absolute Gasteiger partial charge is 0.444 e. The van der Waals surface area contributed by atoms with E-state index in [0.717, 1.165) is 19.3 Å². The van der Waals surface area contributed by atoms with Gasteiger partial charge in [0.05, 0.1) is 0 Å². The van der Waals surface area contributed by atoms with Crippen LogP contribution in [0.25, 0.3) is 0 Å². The Hall–Kier alpha value is -1.06. The number of amides is 1. The molecule has 1 amide bonds. The molecule has 0 unspecified atom stereocenters. The molecule has 0 radical (unpaired) electrons. The van der Waals surface area contributed by atoms with Crippen LogP contribution in [0.5, 0.6) is 0 Å². The molecule has 0 saturated heterocycles. The second-order valence-corrected chi connectivity index (χ2v) is 5.75. The molecule has 0 atom stereocenters. The van der Waals surface area contributed by atoms with Crippen molar-refractivity contribution < 1.29 is 14.3 Å². The van der Waals surface area contributed by atoms with Crippen molar-refractivity contribution in [2.45, 2.75) is 52.1 Å². The zero-order valence-electron chi connectivity index (χ0n) is 11.3. The van der Waals surface area contributed by atoms with Crippen molar-refractivity contribution >= 4 is 11.9 Å². The second-order valence-electron chi connectivity index (χ2n) is 5.75. The van der Waals surface area contributed by atoms with Gasteiger partial charge in [-0.1, -0.05) is 6.42 Å². The molecule has 0 aliphatic heterocycles. The van der Waals surface area contributed by atoms with Crippen molar-refractivity contribution in [3.63, 3.8) is 0 Å². The van der Waals surface area contributed by atoms with Gasteiger partial charge >= 0.3 is 6.09 Å². The summed E-state index contributed by atoms with van der Waals surface area (Å²) in [6.07, 6.45) is 3.29. The molecule has 1 aliphatic rings. The first kappa shape index (κ1) is 14.0. The fourth-order valence-electron chi connectivity index (χ4n) is 1.64. The Labute approximate surface area is 103 Å². The number of nitrogens with zero attached hydrogens (tertiary/aromatic N) is 1. The molecule has 1 rings (SSSR count). The van der Waals surface area contributed by atoms with E-state index in [9.17, 15) is 9.59 Å². The SMILES string of the molecule is CN(CCC(=O)C1CCC1)C(=O)OC(C)(C)C. The van der Waals surface area contributed by atoms with Crippen LogP contribution < -0.4 is 0 Å². The fraction of sp³-hybridized carbons (Fsp3) is 0.846. The molecule has 0 N–H and O–H groups in total. The number of ketones is 1. The van der Waals surface area contributed by atoms with Crippen LogP contribution in [0.2, 0.25) is 0 Å². The number of ether oxygens (including phenoxy) is 1. The summed E-state index contributed by atoms with van der Waals surface area (Å²) >= 11 is 0. The molecule has 0 spiro atoms. The van der Waals surface area contributed by atoms with Gasteiger partial charge in [-0.2, -0.15) is 0 Å². The third-order valence-electron chi connectivity index (χ3n) is 2.96. The zero-order valence-corrected chi connectivity index (χ0v) is 11.3. The van der Waals surface area contributed by atoms with Gasteiger partial charge in [-0.15, -0.1) is 0 Å². The summed E-state index contributed by atoms with van der Waals surface area (Å²) in [6, 6.07) is 0. The molecule has 0 aromatic rings. The molecular weight excluding hydrogens is 218 g/mol. The molecule has 1 aliphatic carbocycles. The van der Waals surface area contributed by atoms with E-state index in [1.165, 1.54) is 4.90 Å². The van der Waals surface area contributed by atoms with E-state index >= 15 is 0 Å². The first-order valence-electron chi connectivity index (χ1n) is 6.26. The van der Waals surface area contributed by atoms with Crippen LogP contribution in [0.4, 0.5) is 4.79 Å². The molecule has 4 nitrogen and oxygen atoms in total. The summed E-state index contributed by atoms with van der Waals surface area (Å²) in [5.74, 6) is 0.536. The molecule has 4 heteroatoms. The minimum Gasteiger partial charge on any atom is -0.444 e. The van der Waals surface area contributed by atoms with E-state index < -0.39 is 5.60 Å². The summed E-state index contributed by atoms with van der Waals surface area (Å²) in [4.78, 5) is 24.7. The maximum absolute atomic E-state index is 11.7. The van der Waals surface area contributed by atoms with Crippen LogP contribution >= 0.6 is 0 Å². The highest BCUT2D eigenvalue weighted by molar-refractivity contribution is 5.82. The molecule has 0 bridgehead atoms. The highest BCUT2D eigenvalue weighted by atomic mass is 16.6. The Morgan fingerprint density at radius 2 is 1.88 bits per heavy atom. The summed E-state index contributed by atoms with van der Waals surface area (Å²) in [5.41, 5.74) is -0.483. The van der Waals surface area contributed by atoms with Gasteiger partial charge in [-0.05, 0) is 33.6 Å². The van der Waals surface area contributed by atoms with Crippen molar-refractivity contribution in [1.82, 2.24) is 4.90 Å². The van der Waals surface area contributed by atoms with Crippen molar-refractivity contribution in [3.8, 4) is 0 Å². The molecule has 98 valence electrons. The molecule has 17 heavy (non-hydrogen) atoms. The molecule has 0 heterocycles. The average Bonchev–Trinajstić information content (AvgIpc) is 2.08. The Morgan fingerprint density at radius 1 is 1.29 bits per heavy atom. The van der Waals surface area contributed by atoms with E-state index in [-0.39, 0.29) is 17.8 Å². The van der Waals surface area contributed by atoms with Crippen LogP contribution in [0.15, 0.2) is 0 Å². The van der Waals surface area contributed by atoms with E-state index in [4.69, 9.17) is 4.74 Å². The van der Waals surface area contributed by atoms with Crippen LogP contribution in [-0.2, 0) is 9.53 Å². The van der Waals surface area contributed by atoms with Gasteiger partial charge in [0.2, 0.25) is 0 Å². The maximum atomic E-state index is 11.7. The number of carbonyl (C=O) groups excluding carboxylic acids is 2. The van der Waals surface area contributed by atoms with E-state index in [1.54, 1.807) is 7.05 Å². The number of rotatable bonds is 4. The summed E-state index contributed by atoms with van der Waals surface area (Å²) in [7, 11) is 1.67. The molecule has 0 aromatic heterocycles. The topological polar surface area (TPSA) is 46.6 Å². The zero-order chi connectivity index (χ0) is 13.1.